The highest BCUT2D eigenvalue weighted by Crippen LogP contribution is 2.21. The van der Waals surface area contributed by atoms with Gasteiger partial charge in [-0.3, -0.25) is 4.79 Å². The number of thiazole rings is 1. The van der Waals surface area contributed by atoms with Crippen LogP contribution in [0.25, 0.3) is 0 Å². The van der Waals surface area contributed by atoms with Crippen LogP contribution in [0.3, 0.4) is 0 Å². The molecule has 0 bridgehead atoms. The van der Waals surface area contributed by atoms with E-state index in [0.717, 1.165) is 48.2 Å². The second-order valence-corrected chi connectivity index (χ2v) is 6.80. The Morgan fingerprint density at radius 2 is 2.10 bits per heavy atom. The summed E-state index contributed by atoms with van der Waals surface area (Å²) in [7, 11) is 0. The molecule has 4 nitrogen and oxygen atoms in total. The normalized spacial score (nSPS) is 16.4. The minimum atomic E-state index is 0.175. The van der Waals surface area contributed by atoms with Crippen molar-refractivity contribution in [2.45, 2.75) is 40.0 Å². The molecule has 1 N–H and O–H groups in total. The fourth-order valence-corrected chi connectivity index (χ4v) is 3.68. The van der Waals surface area contributed by atoms with Crippen molar-refractivity contribution in [3.8, 4) is 0 Å². The molecule has 1 aliphatic heterocycles. The fourth-order valence-electron chi connectivity index (χ4n) is 2.79. The first-order valence-electron chi connectivity index (χ1n) is 7.55. The van der Waals surface area contributed by atoms with Crippen LogP contribution in [-0.2, 0) is 0 Å². The van der Waals surface area contributed by atoms with Crippen LogP contribution in [0.15, 0.2) is 0 Å². The molecule has 1 aliphatic rings. The Labute approximate surface area is 125 Å². The molecular weight excluding hydrogens is 270 g/mol. The largest absolute Gasteiger partial charge is 0.338 e. The third-order valence-corrected chi connectivity index (χ3v) is 4.88. The van der Waals surface area contributed by atoms with Crippen molar-refractivity contribution in [2.75, 3.05) is 26.2 Å². The van der Waals surface area contributed by atoms with E-state index in [2.05, 4.69) is 17.2 Å². The number of nitrogens with one attached hydrogen (secondary N) is 1. The lowest BCUT2D eigenvalue weighted by atomic mass is 9.97. The Morgan fingerprint density at radius 3 is 2.65 bits per heavy atom. The lowest BCUT2D eigenvalue weighted by molar-refractivity contribution is 0.0720. The summed E-state index contributed by atoms with van der Waals surface area (Å²) in [6, 6.07) is 0. The van der Waals surface area contributed by atoms with E-state index < -0.39 is 0 Å². The maximum Gasteiger partial charge on any atom is 0.265 e. The first kappa shape index (κ1) is 15.4. The molecule has 0 unspecified atom stereocenters. The van der Waals surface area contributed by atoms with Crippen molar-refractivity contribution in [3.63, 3.8) is 0 Å². The van der Waals surface area contributed by atoms with Crippen molar-refractivity contribution in [3.05, 3.63) is 15.6 Å². The molecule has 1 fully saturated rings. The minimum Gasteiger partial charge on any atom is -0.338 e. The summed E-state index contributed by atoms with van der Waals surface area (Å²) >= 11 is 1.52. The Hall–Kier alpha value is -0.940. The smallest absolute Gasteiger partial charge is 0.265 e. The van der Waals surface area contributed by atoms with E-state index >= 15 is 0 Å². The SMILES string of the molecule is CCCN(CC1CCNCC1)C(=O)c1sc(C)nc1C. The number of nitrogens with zero attached hydrogens (tertiary/aromatic N) is 2. The summed E-state index contributed by atoms with van der Waals surface area (Å²) in [6.07, 6.45) is 3.36. The first-order valence-corrected chi connectivity index (χ1v) is 8.37. The van der Waals surface area contributed by atoms with Crippen LogP contribution >= 0.6 is 11.3 Å². The monoisotopic (exact) mass is 295 g/mol. The first-order chi connectivity index (χ1) is 9.61. The molecule has 2 rings (SSSR count). The van der Waals surface area contributed by atoms with Crippen molar-refractivity contribution in [1.29, 1.82) is 0 Å². The standard InChI is InChI=1S/C15H25N3OS/c1-4-9-18(10-13-5-7-16-8-6-13)15(19)14-11(2)17-12(3)20-14/h13,16H,4-10H2,1-3H3. The molecule has 1 aromatic rings. The van der Waals surface area contributed by atoms with Crippen molar-refractivity contribution < 1.29 is 4.79 Å². The number of carbonyl (C=O) groups excluding carboxylic acids is 1. The van der Waals surface area contributed by atoms with E-state index in [0.29, 0.717) is 5.92 Å². The minimum absolute atomic E-state index is 0.175. The quantitative estimate of drug-likeness (QED) is 0.908. The van der Waals surface area contributed by atoms with Crippen LogP contribution in [0.1, 0.15) is 46.6 Å². The number of aryl methyl sites for hydroxylation is 2. The van der Waals surface area contributed by atoms with Gasteiger partial charge in [0, 0.05) is 13.1 Å². The van der Waals surface area contributed by atoms with Gasteiger partial charge in [0.15, 0.2) is 0 Å². The third kappa shape index (κ3) is 3.79. The molecule has 2 heterocycles. The molecule has 0 aliphatic carbocycles. The molecule has 112 valence electrons. The van der Waals surface area contributed by atoms with E-state index in [1.807, 2.05) is 18.7 Å². The molecule has 1 amide bonds. The van der Waals surface area contributed by atoms with Crippen LogP contribution in [-0.4, -0.2) is 42.0 Å². The average Bonchev–Trinajstić information content (AvgIpc) is 2.77. The number of piperidine rings is 1. The van der Waals surface area contributed by atoms with Gasteiger partial charge >= 0.3 is 0 Å². The number of rotatable bonds is 5. The summed E-state index contributed by atoms with van der Waals surface area (Å²) in [5, 5.41) is 4.36. The fraction of sp³-hybridized carbons (Fsp3) is 0.733. The Balaban J connectivity index is 2.06. The highest BCUT2D eigenvalue weighted by Gasteiger charge is 2.24. The Morgan fingerprint density at radius 1 is 1.40 bits per heavy atom. The second-order valence-electron chi connectivity index (χ2n) is 5.59. The molecule has 0 atom stereocenters. The van der Waals surface area contributed by atoms with Crippen molar-refractivity contribution in [2.24, 2.45) is 5.92 Å². The number of carbonyl (C=O) groups is 1. The summed E-state index contributed by atoms with van der Waals surface area (Å²) in [4.78, 5) is 20.0. The zero-order valence-corrected chi connectivity index (χ0v) is 13.6. The number of hydrogen-bond acceptors (Lipinski definition) is 4. The van der Waals surface area contributed by atoms with E-state index in [4.69, 9.17) is 0 Å². The zero-order chi connectivity index (χ0) is 14.5. The predicted molar refractivity (Wildman–Crippen MR) is 83.4 cm³/mol. The van der Waals surface area contributed by atoms with E-state index in [1.54, 1.807) is 0 Å². The molecule has 0 radical (unpaired) electrons. The van der Waals surface area contributed by atoms with Crippen molar-refractivity contribution >= 4 is 17.2 Å². The third-order valence-electron chi connectivity index (χ3n) is 3.82. The van der Waals surface area contributed by atoms with Crippen molar-refractivity contribution in [1.82, 2.24) is 15.2 Å². The molecule has 20 heavy (non-hydrogen) atoms. The van der Waals surface area contributed by atoms with Gasteiger partial charge in [0.2, 0.25) is 0 Å². The topological polar surface area (TPSA) is 45.2 Å². The van der Waals surface area contributed by atoms with E-state index in [1.165, 1.54) is 24.2 Å². The molecule has 0 spiro atoms. The Bertz CT molecular complexity index is 452. The van der Waals surface area contributed by atoms with Gasteiger partial charge in [-0.25, -0.2) is 4.98 Å². The van der Waals surface area contributed by atoms with Gasteiger partial charge in [-0.1, -0.05) is 6.92 Å². The summed E-state index contributed by atoms with van der Waals surface area (Å²) < 4.78 is 0. The van der Waals surface area contributed by atoms with Crippen LogP contribution < -0.4 is 5.32 Å². The summed E-state index contributed by atoms with van der Waals surface area (Å²) in [5.41, 5.74) is 0.879. The van der Waals surface area contributed by atoms with Gasteiger partial charge in [0.05, 0.1) is 10.7 Å². The molecule has 1 aromatic heterocycles. The lowest BCUT2D eigenvalue weighted by Crippen LogP contribution is -2.39. The molecule has 5 heteroatoms. The molecule has 0 saturated carbocycles. The van der Waals surface area contributed by atoms with Crippen LogP contribution in [0, 0.1) is 19.8 Å². The zero-order valence-electron chi connectivity index (χ0n) is 12.7. The molecular formula is C15H25N3OS. The molecule has 0 aromatic carbocycles. The number of hydrogen-bond donors (Lipinski definition) is 1. The van der Waals surface area contributed by atoms with Gasteiger partial charge in [0.1, 0.15) is 4.88 Å². The van der Waals surface area contributed by atoms with E-state index in [9.17, 15) is 4.79 Å². The maximum absolute atomic E-state index is 12.7. The summed E-state index contributed by atoms with van der Waals surface area (Å²) in [5.74, 6) is 0.814. The number of amides is 1. The summed E-state index contributed by atoms with van der Waals surface area (Å²) in [6.45, 7) is 9.93. The van der Waals surface area contributed by atoms with Crippen LogP contribution in [0.2, 0.25) is 0 Å². The predicted octanol–water partition coefficient (Wildman–Crippen LogP) is 2.61. The van der Waals surface area contributed by atoms with Gasteiger partial charge in [-0.15, -0.1) is 11.3 Å². The van der Waals surface area contributed by atoms with Gasteiger partial charge in [0.25, 0.3) is 5.91 Å². The Kier molecular flexibility index (Phi) is 5.54. The van der Waals surface area contributed by atoms with E-state index in [-0.39, 0.29) is 5.91 Å². The van der Waals surface area contributed by atoms with Gasteiger partial charge in [-0.2, -0.15) is 0 Å². The van der Waals surface area contributed by atoms with Crippen LogP contribution in [0.5, 0.6) is 0 Å². The highest BCUT2D eigenvalue weighted by molar-refractivity contribution is 7.13. The lowest BCUT2D eigenvalue weighted by Gasteiger charge is -2.29. The van der Waals surface area contributed by atoms with Crippen LogP contribution in [0.4, 0.5) is 0 Å². The maximum atomic E-state index is 12.7. The average molecular weight is 295 g/mol. The van der Waals surface area contributed by atoms with Gasteiger partial charge in [-0.05, 0) is 52.1 Å². The van der Waals surface area contributed by atoms with Gasteiger partial charge < -0.3 is 10.2 Å². The second kappa shape index (κ2) is 7.18. The molecule has 1 saturated heterocycles. The number of aromatic nitrogens is 1. The highest BCUT2D eigenvalue weighted by atomic mass is 32.1.